The number of hydrogen-bond donors (Lipinski definition) is 1. The highest BCUT2D eigenvalue weighted by molar-refractivity contribution is 7.99. The molecule has 0 aromatic heterocycles. The fourth-order valence-corrected chi connectivity index (χ4v) is 3.14. The summed E-state index contributed by atoms with van der Waals surface area (Å²) in [5, 5.41) is 2.71. The molecule has 0 saturated heterocycles. The van der Waals surface area contributed by atoms with Gasteiger partial charge in [0.1, 0.15) is 0 Å². The zero-order chi connectivity index (χ0) is 18.2. The minimum Gasteiger partial charge on any atom is -0.456 e. The average molecular weight is 373 g/mol. The lowest BCUT2D eigenvalue weighted by Gasteiger charge is -2.07. The van der Waals surface area contributed by atoms with Crippen LogP contribution in [0.5, 0.6) is 11.5 Å². The third-order valence-electron chi connectivity index (χ3n) is 3.61. The van der Waals surface area contributed by atoms with Crippen LogP contribution in [0.3, 0.4) is 0 Å². The third-order valence-corrected chi connectivity index (χ3v) is 4.62. The Labute approximate surface area is 155 Å². The molecule has 2 aromatic carbocycles. The smallest absolute Gasteiger partial charge is 0.307 e. The maximum Gasteiger partial charge on any atom is 0.307 e. The Morgan fingerprint density at radius 3 is 2.73 bits per heavy atom. The molecule has 0 aliphatic carbocycles. The molecule has 1 aliphatic heterocycles. The lowest BCUT2D eigenvalue weighted by molar-refractivity contribution is -0.148. The molecule has 0 saturated carbocycles. The van der Waals surface area contributed by atoms with Crippen molar-refractivity contribution >= 4 is 23.6 Å². The normalized spacial score (nSPS) is 11.8. The molecule has 26 heavy (non-hydrogen) atoms. The standard InChI is InChI=1S/C19H19NO5S/c21-18(20-11-14-6-7-16-17(10-14)25-13-24-16)12-23-19(22)8-9-26-15-4-2-1-3-5-15/h1-7,10H,8-9,11-13H2,(H,20,21). The van der Waals surface area contributed by atoms with E-state index < -0.39 is 0 Å². The van der Waals surface area contributed by atoms with E-state index in [-0.39, 0.29) is 31.7 Å². The van der Waals surface area contributed by atoms with E-state index in [2.05, 4.69) is 5.32 Å². The van der Waals surface area contributed by atoms with E-state index in [0.29, 0.717) is 23.8 Å². The molecule has 1 amide bonds. The van der Waals surface area contributed by atoms with Gasteiger partial charge in [0.15, 0.2) is 18.1 Å². The van der Waals surface area contributed by atoms with Gasteiger partial charge in [-0.2, -0.15) is 0 Å². The van der Waals surface area contributed by atoms with E-state index in [1.165, 1.54) is 0 Å². The fraction of sp³-hybridized carbons (Fsp3) is 0.263. The van der Waals surface area contributed by atoms with Gasteiger partial charge in [-0.25, -0.2) is 0 Å². The molecule has 2 aromatic rings. The summed E-state index contributed by atoms with van der Waals surface area (Å²) in [7, 11) is 0. The van der Waals surface area contributed by atoms with Gasteiger partial charge in [-0.1, -0.05) is 24.3 Å². The van der Waals surface area contributed by atoms with E-state index in [0.717, 1.165) is 10.5 Å². The number of nitrogens with one attached hydrogen (secondary N) is 1. The summed E-state index contributed by atoms with van der Waals surface area (Å²) in [5.74, 6) is 1.25. The highest BCUT2D eigenvalue weighted by Gasteiger charge is 2.13. The van der Waals surface area contributed by atoms with Crippen LogP contribution in [0.15, 0.2) is 53.4 Å². The van der Waals surface area contributed by atoms with Crippen molar-refractivity contribution in [1.29, 1.82) is 0 Å². The number of ether oxygens (including phenoxy) is 3. The molecule has 1 aliphatic rings. The van der Waals surface area contributed by atoms with Crippen molar-refractivity contribution in [3.63, 3.8) is 0 Å². The van der Waals surface area contributed by atoms with E-state index in [4.69, 9.17) is 14.2 Å². The molecule has 0 fully saturated rings. The number of benzene rings is 2. The van der Waals surface area contributed by atoms with Gasteiger partial charge in [-0.15, -0.1) is 11.8 Å². The molecule has 0 spiro atoms. The third kappa shape index (κ3) is 5.42. The van der Waals surface area contributed by atoms with Crippen molar-refractivity contribution in [3.8, 4) is 11.5 Å². The van der Waals surface area contributed by atoms with E-state index in [9.17, 15) is 9.59 Å². The van der Waals surface area contributed by atoms with Crippen LogP contribution in [0, 0.1) is 0 Å². The van der Waals surface area contributed by atoms with Crippen LogP contribution < -0.4 is 14.8 Å². The largest absolute Gasteiger partial charge is 0.456 e. The number of amides is 1. The second-order valence-electron chi connectivity index (χ2n) is 5.54. The molecule has 0 bridgehead atoms. The number of rotatable bonds is 8. The number of thioether (sulfide) groups is 1. The Hall–Kier alpha value is -2.67. The van der Waals surface area contributed by atoms with Crippen molar-refractivity contribution < 1.29 is 23.8 Å². The molecule has 1 N–H and O–H groups in total. The second kappa shape index (κ2) is 9.15. The molecular formula is C19H19NO5S. The Bertz CT molecular complexity index is 766. The molecule has 7 heteroatoms. The van der Waals surface area contributed by atoms with Gasteiger partial charge < -0.3 is 19.5 Å². The molecule has 6 nitrogen and oxygen atoms in total. The zero-order valence-electron chi connectivity index (χ0n) is 14.1. The second-order valence-corrected chi connectivity index (χ2v) is 6.70. The molecule has 0 radical (unpaired) electrons. The molecule has 0 unspecified atom stereocenters. The van der Waals surface area contributed by atoms with E-state index in [1.54, 1.807) is 17.8 Å². The Morgan fingerprint density at radius 2 is 1.88 bits per heavy atom. The highest BCUT2D eigenvalue weighted by atomic mass is 32.2. The van der Waals surface area contributed by atoms with Crippen LogP contribution in [0.4, 0.5) is 0 Å². The predicted octanol–water partition coefficient (Wildman–Crippen LogP) is 2.76. The lowest BCUT2D eigenvalue weighted by atomic mass is 10.2. The van der Waals surface area contributed by atoms with Crippen molar-refractivity contribution in [2.45, 2.75) is 17.9 Å². The van der Waals surface area contributed by atoms with Crippen molar-refractivity contribution in [3.05, 3.63) is 54.1 Å². The van der Waals surface area contributed by atoms with E-state index >= 15 is 0 Å². The summed E-state index contributed by atoms with van der Waals surface area (Å²) >= 11 is 1.58. The Morgan fingerprint density at radius 1 is 1.08 bits per heavy atom. The van der Waals surface area contributed by atoms with Crippen LogP contribution >= 0.6 is 11.8 Å². The van der Waals surface area contributed by atoms with Crippen LogP contribution in [0.2, 0.25) is 0 Å². The molecular weight excluding hydrogens is 354 g/mol. The predicted molar refractivity (Wildman–Crippen MR) is 97.2 cm³/mol. The molecule has 136 valence electrons. The molecule has 1 heterocycles. The van der Waals surface area contributed by atoms with Crippen molar-refractivity contribution in [2.75, 3.05) is 19.2 Å². The summed E-state index contributed by atoms with van der Waals surface area (Å²) in [5.41, 5.74) is 0.883. The first-order valence-corrected chi connectivity index (χ1v) is 9.18. The monoisotopic (exact) mass is 373 g/mol. The van der Waals surface area contributed by atoms with Gasteiger partial charge in [-0.05, 0) is 29.8 Å². The van der Waals surface area contributed by atoms with Crippen LogP contribution in [0.25, 0.3) is 0 Å². The van der Waals surface area contributed by atoms with Gasteiger partial charge in [-0.3, -0.25) is 9.59 Å². The first-order valence-electron chi connectivity index (χ1n) is 8.19. The molecule has 0 atom stereocenters. The molecule has 3 rings (SSSR count). The number of carbonyl (C=O) groups is 2. The summed E-state index contributed by atoms with van der Waals surface area (Å²) in [6.07, 6.45) is 0.259. The summed E-state index contributed by atoms with van der Waals surface area (Å²) < 4.78 is 15.5. The first kappa shape index (κ1) is 18.1. The van der Waals surface area contributed by atoms with Gasteiger partial charge in [0.2, 0.25) is 6.79 Å². The van der Waals surface area contributed by atoms with Crippen molar-refractivity contribution in [2.24, 2.45) is 0 Å². The highest BCUT2D eigenvalue weighted by Crippen LogP contribution is 2.32. The fourth-order valence-electron chi connectivity index (χ4n) is 2.29. The first-order chi connectivity index (χ1) is 12.7. The van der Waals surface area contributed by atoms with E-state index in [1.807, 2.05) is 42.5 Å². The topological polar surface area (TPSA) is 73.9 Å². The van der Waals surface area contributed by atoms with Crippen LogP contribution in [-0.2, 0) is 20.9 Å². The van der Waals surface area contributed by atoms with Crippen molar-refractivity contribution in [1.82, 2.24) is 5.32 Å². The van der Waals surface area contributed by atoms with Crippen LogP contribution in [-0.4, -0.2) is 31.0 Å². The summed E-state index contributed by atoms with van der Waals surface area (Å²) in [6.45, 7) is 0.264. The number of esters is 1. The zero-order valence-corrected chi connectivity index (χ0v) is 14.9. The van der Waals surface area contributed by atoms with Gasteiger partial charge >= 0.3 is 5.97 Å². The summed E-state index contributed by atoms with van der Waals surface area (Å²) in [4.78, 5) is 24.6. The lowest BCUT2D eigenvalue weighted by Crippen LogP contribution is -2.28. The number of carbonyl (C=O) groups excluding carboxylic acids is 2. The van der Waals surface area contributed by atoms with Gasteiger partial charge in [0.25, 0.3) is 5.91 Å². The Kier molecular flexibility index (Phi) is 6.38. The maximum absolute atomic E-state index is 11.8. The average Bonchev–Trinajstić information content (AvgIpc) is 3.13. The van der Waals surface area contributed by atoms with Crippen LogP contribution in [0.1, 0.15) is 12.0 Å². The minimum absolute atomic E-state index is 0.212. The summed E-state index contributed by atoms with van der Waals surface area (Å²) in [6, 6.07) is 15.3. The van der Waals surface area contributed by atoms with Gasteiger partial charge in [0.05, 0.1) is 6.42 Å². The Balaban J connectivity index is 1.31. The quantitative estimate of drug-likeness (QED) is 0.567. The number of hydrogen-bond acceptors (Lipinski definition) is 6. The number of fused-ring (bicyclic) bond motifs is 1. The SMILES string of the molecule is O=C(COC(=O)CCSc1ccccc1)NCc1ccc2c(c1)OCO2. The van der Waals surface area contributed by atoms with Gasteiger partial charge in [0, 0.05) is 17.2 Å². The maximum atomic E-state index is 11.8. The minimum atomic E-state index is -0.383.